The maximum Gasteiger partial charge on any atom is 0.0555 e. The van der Waals surface area contributed by atoms with Gasteiger partial charge in [-0.1, -0.05) is 127 Å². The zero-order chi connectivity index (χ0) is 33.5. The van der Waals surface area contributed by atoms with Crippen LogP contribution in [0.5, 0.6) is 0 Å². The normalized spacial score (nSPS) is 11.9. The molecule has 0 spiro atoms. The van der Waals surface area contributed by atoms with Gasteiger partial charge in [0.25, 0.3) is 0 Å². The Hall–Kier alpha value is -6.42. The van der Waals surface area contributed by atoms with Crippen LogP contribution in [-0.4, -0.2) is 9.13 Å². The molecule has 0 unspecified atom stereocenters. The van der Waals surface area contributed by atoms with Gasteiger partial charge in [-0.2, -0.15) is 0 Å². The van der Waals surface area contributed by atoms with Gasteiger partial charge in [0, 0.05) is 53.1 Å². The number of thiophene rings is 1. The van der Waals surface area contributed by atoms with E-state index < -0.39 is 0 Å². The standard InChI is InChI=1S/C48H30N2S/c1-3-12-31(13-4-1)33-22-24-35(25-23-33)49-43-21-10-8-19-39(43)47-44(49)27-26-38-41-29-40-37-18-7-9-20-42(37)50(45(40)30-46(41)51-48(38)47)36-17-11-16-34(28-36)32-14-5-2-6-15-32/h1-30H. The van der Waals surface area contributed by atoms with Crippen LogP contribution in [0.1, 0.15) is 0 Å². The lowest BCUT2D eigenvalue weighted by molar-refractivity contribution is 1.18. The first-order valence-corrected chi connectivity index (χ1v) is 18.3. The summed E-state index contributed by atoms with van der Waals surface area (Å²) in [7, 11) is 0. The Bertz CT molecular complexity index is 3110. The Morgan fingerprint density at radius 1 is 0.314 bits per heavy atom. The van der Waals surface area contributed by atoms with E-state index >= 15 is 0 Å². The molecule has 8 aromatic carbocycles. The van der Waals surface area contributed by atoms with Crippen molar-refractivity contribution in [3.8, 4) is 33.6 Å². The zero-order valence-corrected chi connectivity index (χ0v) is 28.4. The molecule has 0 saturated carbocycles. The molecule has 0 aliphatic heterocycles. The van der Waals surface area contributed by atoms with Gasteiger partial charge in [-0.3, -0.25) is 0 Å². The molecule has 11 rings (SSSR count). The predicted octanol–water partition coefficient (Wildman–Crippen LogP) is 13.6. The summed E-state index contributed by atoms with van der Waals surface area (Å²) >= 11 is 1.92. The first-order chi connectivity index (χ1) is 25.3. The van der Waals surface area contributed by atoms with Crippen LogP contribution in [0.2, 0.25) is 0 Å². The maximum absolute atomic E-state index is 2.45. The fourth-order valence-corrected chi connectivity index (χ4v) is 9.47. The van der Waals surface area contributed by atoms with Gasteiger partial charge in [0.2, 0.25) is 0 Å². The van der Waals surface area contributed by atoms with Crippen molar-refractivity contribution in [1.82, 2.24) is 9.13 Å². The summed E-state index contributed by atoms with van der Waals surface area (Å²) in [5.74, 6) is 0. The molecule has 2 nitrogen and oxygen atoms in total. The first-order valence-electron chi connectivity index (χ1n) is 17.4. The van der Waals surface area contributed by atoms with Crippen LogP contribution in [0, 0.1) is 0 Å². The molecule has 0 radical (unpaired) electrons. The highest BCUT2D eigenvalue weighted by molar-refractivity contribution is 7.26. The van der Waals surface area contributed by atoms with Gasteiger partial charge in [-0.25, -0.2) is 0 Å². The van der Waals surface area contributed by atoms with E-state index in [0.29, 0.717) is 0 Å². The lowest BCUT2D eigenvalue weighted by Crippen LogP contribution is -1.94. The van der Waals surface area contributed by atoms with E-state index in [1.54, 1.807) is 0 Å². The number of benzene rings is 8. The summed E-state index contributed by atoms with van der Waals surface area (Å²) in [6, 6.07) is 66.4. The zero-order valence-electron chi connectivity index (χ0n) is 27.6. The van der Waals surface area contributed by atoms with E-state index in [0.717, 1.165) is 0 Å². The molecule has 0 bridgehead atoms. The van der Waals surface area contributed by atoms with E-state index in [2.05, 4.69) is 191 Å². The minimum atomic E-state index is 1.17. The van der Waals surface area contributed by atoms with Crippen molar-refractivity contribution in [3.05, 3.63) is 182 Å². The highest BCUT2D eigenvalue weighted by atomic mass is 32.1. The second-order valence-electron chi connectivity index (χ2n) is 13.3. The summed E-state index contributed by atoms with van der Waals surface area (Å²) in [6.07, 6.45) is 0. The van der Waals surface area contributed by atoms with Gasteiger partial charge in [0.15, 0.2) is 0 Å². The number of hydrogen-bond acceptors (Lipinski definition) is 1. The Morgan fingerprint density at radius 3 is 1.69 bits per heavy atom. The van der Waals surface area contributed by atoms with E-state index in [1.807, 2.05) is 11.3 Å². The Kier molecular flexibility index (Phi) is 6.16. The van der Waals surface area contributed by atoms with Crippen molar-refractivity contribution in [2.45, 2.75) is 0 Å². The molecule has 0 amide bonds. The average molecular weight is 667 g/mol. The van der Waals surface area contributed by atoms with Crippen molar-refractivity contribution < 1.29 is 0 Å². The summed E-state index contributed by atoms with van der Waals surface area (Å²) in [5.41, 5.74) is 12.2. The molecule has 3 heteroatoms. The monoisotopic (exact) mass is 666 g/mol. The smallest absolute Gasteiger partial charge is 0.0555 e. The third-order valence-electron chi connectivity index (χ3n) is 10.5. The molecule has 3 heterocycles. The fourth-order valence-electron chi connectivity index (χ4n) is 8.19. The summed E-state index contributed by atoms with van der Waals surface area (Å²) in [4.78, 5) is 0. The van der Waals surface area contributed by atoms with Gasteiger partial charge in [0.05, 0.1) is 22.1 Å². The first kappa shape index (κ1) is 28.4. The van der Waals surface area contributed by atoms with Crippen LogP contribution in [0.25, 0.3) is 97.4 Å². The van der Waals surface area contributed by atoms with E-state index in [9.17, 15) is 0 Å². The number of nitrogens with zero attached hydrogens (tertiary/aromatic N) is 2. The average Bonchev–Trinajstić information content (AvgIpc) is 3.85. The lowest BCUT2D eigenvalue weighted by Gasteiger charge is -2.10. The molecule has 0 aliphatic carbocycles. The van der Waals surface area contributed by atoms with Crippen molar-refractivity contribution in [2.24, 2.45) is 0 Å². The molecule has 0 saturated heterocycles. The predicted molar refractivity (Wildman–Crippen MR) is 219 cm³/mol. The van der Waals surface area contributed by atoms with Crippen LogP contribution >= 0.6 is 11.3 Å². The Labute approximate surface area is 298 Å². The lowest BCUT2D eigenvalue weighted by atomic mass is 10.0. The van der Waals surface area contributed by atoms with Gasteiger partial charge < -0.3 is 9.13 Å². The minimum absolute atomic E-state index is 1.17. The molecule has 0 aliphatic rings. The molecule has 51 heavy (non-hydrogen) atoms. The van der Waals surface area contributed by atoms with E-state index in [1.165, 1.54) is 97.4 Å². The quantitative estimate of drug-likeness (QED) is 0.177. The van der Waals surface area contributed by atoms with Crippen LogP contribution in [0.4, 0.5) is 0 Å². The Balaban J connectivity index is 1.15. The molecule has 238 valence electrons. The minimum Gasteiger partial charge on any atom is -0.309 e. The van der Waals surface area contributed by atoms with E-state index in [-0.39, 0.29) is 0 Å². The molecule has 0 atom stereocenters. The number of aromatic nitrogens is 2. The van der Waals surface area contributed by atoms with Gasteiger partial charge in [0.1, 0.15) is 0 Å². The van der Waals surface area contributed by atoms with Crippen LogP contribution in [0.15, 0.2) is 182 Å². The molecule has 0 fully saturated rings. The van der Waals surface area contributed by atoms with Gasteiger partial charge >= 0.3 is 0 Å². The largest absolute Gasteiger partial charge is 0.309 e. The highest BCUT2D eigenvalue weighted by Gasteiger charge is 2.20. The summed E-state index contributed by atoms with van der Waals surface area (Å²) in [5, 5.41) is 7.79. The fraction of sp³-hybridized carbons (Fsp3) is 0. The second kappa shape index (κ2) is 11.0. The van der Waals surface area contributed by atoms with Crippen LogP contribution in [0.3, 0.4) is 0 Å². The number of rotatable bonds is 4. The second-order valence-corrected chi connectivity index (χ2v) is 14.4. The molecule has 0 N–H and O–H groups in total. The molecular formula is C48H30N2S. The molecular weight excluding hydrogens is 637 g/mol. The van der Waals surface area contributed by atoms with Gasteiger partial charge in [-0.05, 0) is 76.9 Å². The Morgan fingerprint density at radius 2 is 0.922 bits per heavy atom. The number of para-hydroxylation sites is 2. The maximum atomic E-state index is 2.45. The summed E-state index contributed by atoms with van der Waals surface area (Å²) < 4.78 is 7.52. The van der Waals surface area contributed by atoms with E-state index in [4.69, 9.17) is 0 Å². The van der Waals surface area contributed by atoms with Crippen LogP contribution < -0.4 is 0 Å². The van der Waals surface area contributed by atoms with Crippen LogP contribution in [-0.2, 0) is 0 Å². The van der Waals surface area contributed by atoms with Crippen molar-refractivity contribution in [2.75, 3.05) is 0 Å². The van der Waals surface area contributed by atoms with Crippen molar-refractivity contribution >= 4 is 75.1 Å². The summed E-state index contributed by atoms with van der Waals surface area (Å²) in [6.45, 7) is 0. The van der Waals surface area contributed by atoms with Gasteiger partial charge in [-0.15, -0.1) is 11.3 Å². The third-order valence-corrected chi connectivity index (χ3v) is 11.7. The molecule has 11 aromatic rings. The number of hydrogen-bond donors (Lipinski definition) is 0. The third kappa shape index (κ3) is 4.29. The van der Waals surface area contributed by atoms with Crippen molar-refractivity contribution in [3.63, 3.8) is 0 Å². The van der Waals surface area contributed by atoms with Crippen molar-refractivity contribution in [1.29, 1.82) is 0 Å². The highest BCUT2D eigenvalue weighted by Crippen LogP contribution is 2.46. The topological polar surface area (TPSA) is 9.86 Å². The SMILES string of the molecule is c1ccc(-c2ccc(-n3c4ccccc4c4c5sc6cc7c(cc6c5ccc43)c3ccccc3n7-c3cccc(-c4ccccc4)c3)cc2)cc1. The molecule has 3 aromatic heterocycles. The number of fused-ring (bicyclic) bond motifs is 10.